The van der Waals surface area contributed by atoms with Crippen LogP contribution in [0.25, 0.3) is 0 Å². The minimum absolute atomic E-state index is 0.0179. The zero-order valence-electron chi connectivity index (χ0n) is 20.3. The third kappa shape index (κ3) is 9.11. The zero-order chi connectivity index (χ0) is 25.4. The van der Waals surface area contributed by atoms with Gasteiger partial charge in [0.05, 0.1) is 56.3 Å². The van der Waals surface area contributed by atoms with Gasteiger partial charge in [0.2, 0.25) is 0 Å². The summed E-state index contributed by atoms with van der Waals surface area (Å²) in [5.41, 5.74) is -2.30. The van der Waals surface area contributed by atoms with Crippen molar-refractivity contribution in [1.29, 1.82) is 0 Å². The van der Waals surface area contributed by atoms with Gasteiger partial charge in [0.25, 0.3) is 0 Å². The quantitative estimate of drug-likeness (QED) is 0.311. The molecule has 1 aromatic carbocycles. The summed E-state index contributed by atoms with van der Waals surface area (Å²) in [5.74, 6) is -2.41. The van der Waals surface area contributed by atoms with Gasteiger partial charge in [-0.05, 0) is 18.2 Å². The van der Waals surface area contributed by atoms with Gasteiger partial charge < -0.3 is 29.5 Å². The van der Waals surface area contributed by atoms with E-state index < -0.39 is 34.2 Å². The first kappa shape index (κ1) is 28.5. The maximum absolute atomic E-state index is 12.8. The van der Waals surface area contributed by atoms with Crippen LogP contribution in [-0.2, 0) is 14.2 Å². The minimum atomic E-state index is -0.866. The van der Waals surface area contributed by atoms with E-state index in [1.807, 2.05) is 0 Å². The van der Waals surface area contributed by atoms with E-state index in [2.05, 4.69) is 0 Å². The largest absolute Gasteiger partial charge is 0.461 e. The van der Waals surface area contributed by atoms with Gasteiger partial charge in [-0.2, -0.15) is 0 Å². The molecule has 3 N–H and O–H groups in total. The summed E-state index contributed by atoms with van der Waals surface area (Å²) >= 11 is 0. The predicted molar refractivity (Wildman–Crippen MR) is 120 cm³/mol. The summed E-state index contributed by atoms with van der Waals surface area (Å²) in [6, 6.07) is 3.79. The molecule has 0 radical (unpaired) electrons. The van der Waals surface area contributed by atoms with E-state index in [1.54, 1.807) is 41.5 Å². The first-order valence-electron chi connectivity index (χ1n) is 10.6. The van der Waals surface area contributed by atoms with E-state index in [9.17, 15) is 29.7 Å². The van der Waals surface area contributed by atoms with Gasteiger partial charge in [0.15, 0.2) is 0 Å². The lowest BCUT2D eigenvalue weighted by Gasteiger charge is -2.23. The molecular formula is C24H36O9. The van der Waals surface area contributed by atoms with Gasteiger partial charge in [-0.25, -0.2) is 14.4 Å². The summed E-state index contributed by atoms with van der Waals surface area (Å²) in [6.45, 7) is 9.38. The third-order valence-electron chi connectivity index (χ3n) is 4.76. The number of aliphatic hydroxyl groups is 3. The van der Waals surface area contributed by atoms with E-state index >= 15 is 0 Å². The molecule has 0 aromatic heterocycles. The first-order valence-corrected chi connectivity index (χ1v) is 10.6. The maximum atomic E-state index is 12.8. The Bertz CT molecular complexity index is 840. The number of benzene rings is 1. The molecule has 9 heteroatoms. The average Bonchev–Trinajstić information content (AvgIpc) is 2.79. The average molecular weight is 469 g/mol. The number of hydrogen-bond donors (Lipinski definition) is 3. The van der Waals surface area contributed by atoms with Crippen LogP contribution >= 0.6 is 0 Å². The van der Waals surface area contributed by atoms with Crippen LogP contribution in [0.15, 0.2) is 18.2 Å². The SMILES string of the molecule is CC(C)(CO)COC(=O)c1ccc(C(=O)OCC(C)(C)CO)c(C(=O)OCC(C)(C)CO)c1. The maximum Gasteiger partial charge on any atom is 0.339 e. The summed E-state index contributed by atoms with van der Waals surface area (Å²) in [5, 5.41) is 28.1. The van der Waals surface area contributed by atoms with Crippen molar-refractivity contribution >= 4 is 17.9 Å². The molecule has 0 bridgehead atoms. The Morgan fingerprint density at radius 3 is 1.39 bits per heavy atom. The van der Waals surface area contributed by atoms with Crippen LogP contribution in [0, 0.1) is 16.2 Å². The van der Waals surface area contributed by atoms with Crippen molar-refractivity contribution in [2.24, 2.45) is 16.2 Å². The Morgan fingerprint density at radius 2 is 1.00 bits per heavy atom. The standard InChI is InChI=1S/C24H36O9/c1-22(2,10-25)13-31-19(28)16-7-8-17(20(29)32-14-23(3,4)11-26)18(9-16)21(30)33-15-24(5,6)12-27/h7-9,25-27H,10-15H2,1-6H3. The molecule has 0 aliphatic heterocycles. The Hall–Kier alpha value is -2.49. The van der Waals surface area contributed by atoms with Crippen LogP contribution < -0.4 is 0 Å². The van der Waals surface area contributed by atoms with Gasteiger partial charge >= 0.3 is 17.9 Å². The first-order chi connectivity index (χ1) is 15.2. The van der Waals surface area contributed by atoms with Crippen molar-refractivity contribution in [3.63, 3.8) is 0 Å². The number of carbonyl (C=O) groups excluding carboxylic acids is 3. The minimum Gasteiger partial charge on any atom is -0.461 e. The van der Waals surface area contributed by atoms with Crippen molar-refractivity contribution in [1.82, 2.24) is 0 Å². The second kappa shape index (κ2) is 11.6. The summed E-state index contributed by atoms with van der Waals surface area (Å²) in [6.07, 6.45) is 0. The molecule has 0 unspecified atom stereocenters. The molecule has 0 saturated heterocycles. The molecule has 0 atom stereocenters. The second-order valence-electron chi connectivity index (χ2n) is 10.5. The van der Waals surface area contributed by atoms with Gasteiger partial charge in [-0.1, -0.05) is 41.5 Å². The predicted octanol–water partition coefficient (Wildman–Crippen LogP) is 2.21. The smallest absolute Gasteiger partial charge is 0.339 e. The van der Waals surface area contributed by atoms with Crippen molar-refractivity contribution in [2.75, 3.05) is 39.6 Å². The summed E-state index contributed by atoms with van der Waals surface area (Å²) < 4.78 is 15.8. The van der Waals surface area contributed by atoms with Gasteiger partial charge in [0.1, 0.15) is 0 Å². The number of esters is 3. The van der Waals surface area contributed by atoms with Crippen LogP contribution in [0.4, 0.5) is 0 Å². The monoisotopic (exact) mass is 468 g/mol. The fourth-order valence-corrected chi connectivity index (χ4v) is 2.18. The third-order valence-corrected chi connectivity index (χ3v) is 4.76. The molecule has 0 saturated carbocycles. The van der Waals surface area contributed by atoms with Crippen LogP contribution in [0.5, 0.6) is 0 Å². The van der Waals surface area contributed by atoms with Crippen LogP contribution in [-0.4, -0.2) is 72.9 Å². The van der Waals surface area contributed by atoms with Gasteiger partial charge in [-0.3, -0.25) is 0 Å². The highest BCUT2D eigenvalue weighted by Crippen LogP contribution is 2.22. The lowest BCUT2D eigenvalue weighted by molar-refractivity contribution is 0.0177. The van der Waals surface area contributed by atoms with Crippen molar-refractivity contribution < 1.29 is 43.9 Å². The molecular weight excluding hydrogens is 432 g/mol. The van der Waals surface area contributed by atoms with Gasteiger partial charge in [0, 0.05) is 16.2 Å². The summed E-state index contributed by atoms with van der Waals surface area (Å²) in [4.78, 5) is 38.0. The zero-order valence-corrected chi connectivity index (χ0v) is 20.3. The Balaban J connectivity index is 3.20. The van der Waals surface area contributed by atoms with Crippen LogP contribution in [0.1, 0.15) is 72.6 Å². The van der Waals surface area contributed by atoms with Gasteiger partial charge in [-0.15, -0.1) is 0 Å². The second-order valence-corrected chi connectivity index (χ2v) is 10.5. The van der Waals surface area contributed by atoms with Crippen molar-refractivity contribution in [2.45, 2.75) is 41.5 Å². The van der Waals surface area contributed by atoms with Crippen molar-refractivity contribution in [3.8, 4) is 0 Å². The number of aliphatic hydroxyl groups excluding tert-OH is 3. The van der Waals surface area contributed by atoms with E-state index in [0.717, 1.165) is 0 Å². The van der Waals surface area contributed by atoms with E-state index in [-0.39, 0.29) is 56.3 Å². The highest BCUT2D eigenvalue weighted by molar-refractivity contribution is 6.05. The number of carbonyl (C=O) groups is 3. The molecule has 0 amide bonds. The molecule has 0 heterocycles. The molecule has 33 heavy (non-hydrogen) atoms. The van der Waals surface area contributed by atoms with Crippen LogP contribution in [0.2, 0.25) is 0 Å². The molecule has 0 fully saturated rings. The lowest BCUT2D eigenvalue weighted by Crippen LogP contribution is -2.28. The summed E-state index contributed by atoms with van der Waals surface area (Å²) in [7, 11) is 0. The number of ether oxygens (including phenoxy) is 3. The Kier molecular flexibility index (Phi) is 10.0. The molecule has 186 valence electrons. The molecule has 9 nitrogen and oxygen atoms in total. The topological polar surface area (TPSA) is 140 Å². The fraction of sp³-hybridized carbons (Fsp3) is 0.625. The van der Waals surface area contributed by atoms with E-state index in [0.29, 0.717) is 0 Å². The van der Waals surface area contributed by atoms with Crippen molar-refractivity contribution in [3.05, 3.63) is 34.9 Å². The lowest BCUT2D eigenvalue weighted by atomic mass is 9.96. The molecule has 0 aliphatic rings. The van der Waals surface area contributed by atoms with E-state index in [4.69, 9.17) is 14.2 Å². The van der Waals surface area contributed by atoms with Crippen LogP contribution in [0.3, 0.4) is 0 Å². The number of rotatable bonds is 12. The molecule has 1 rings (SSSR count). The molecule has 0 spiro atoms. The fourth-order valence-electron chi connectivity index (χ4n) is 2.18. The highest BCUT2D eigenvalue weighted by Gasteiger charge is 2.27. The molecule has 0 aliphatic carbocycles. The van der Waals surface area contributed by atoms with E-state index in [1.165, 1.54) is 18.2 Å². The highest BCUT2D eigenvalue weighted by atomic mass is 16.5. The molecule has 1 aromatic rings. The Labute approximate surface area is 194 Å². The number of hydrogen-bond acceptors (Lipinski definition) is 9. The Morgan fingerprint density at radius 1 is 0.636 bits per heavy atom. The normalized spacial score (nSPS) is 12.3.